The lowest BCUT2D eigenvalue weighted by Gasteiger charge is -2.24. The Morgan fingerprint density at radius 1 is 1.60 bits per heavy atom. The van der Waals surface area contributed by atoms with E-state index in [0.717, 1.165) is 29.0 Å². The van der Waals surface area contributed by atoms with Crippen molar-refractivity contribution in [3.63, 3.8) is 0 Å². The highest BCUT2D eigenvalue weighted by Crippen LogP contribution is 2.18. The molecular formula is C10H17ClN2OS. The molecule has 0 aliphatic carbocycles. The van der Waals surface area contributed by atoms with Gasteiger partial charge in [-0.3, -0.25) is 0 Å². The Morgan fingerprint density at radius 3 is 2.87 bits per heavy atom. The first kappa shape index (κ1) is 12.9. The summed E-state index contributed by atoms with van der Waals surface area (Å²) < 4.78 is 6.30. The van der Waals surface area contributed by atoms with Gasteiger partial charge in [-0.05, 0) is 20.8 Å². The van der Waals surface area contributed by atoms with Crippen molar-refractivity contribution in [2.75, 3.05) is 13.2 Å². The molecule has 0 radical (unpaired) electrons. The number of aromatic nitrogens is 1. The van der Waals surface area contributed by atoms with E-state index in [9.17, 15) is 0 Å². The number of nitrogens with one attached hydrogen (secondary N) is 1. The van der Waals surface area contributed by atoms with E-state index in [1.54, 1.807) is 6.20 Å². The molecule has 1 rings (SSSR count). The van der Waals surface area contributed by atoms with E-state index in [4.69, 9.17) is 16.3 Å². The van der Waals surface area contributed by atoms with E-state index in [0.29, 0.717) is 0 Å². The Labute approximate surface area is 99.8 Å². The normalized spacial score (nSPS) is 12.0. The average molecular weight is 249 g/mol. The molecule has 0 fully saturated rings. The van der Waals surface area contributed by atoms with Crippen LogP contribution in [0.5, 0.6) is 0 Å². The van der Waals surface area contributed by atoms with Gasteiger partial charge in [-0.2, -0.15) is 0 Å². The first-order valence-corrected chi connectivity index (χ1v) is 6.18. The molecule has 3 nitrogen and oxygen atoms in total. The minimum Gasteiger partial charge on any atom is -0.375 e. The summed E-state index contributed by atoms with van der Waals surface area (Å²) in [5.41, 5.74) is -0.129. The van der Waals surface area contributed by atoms with Crippen molar-refractivity contribution in [1.29, 1.82) is 0 Å². The number of hydrogen-bond donors (Lipinski definition) is 1. The monoisotopic (exact) mass is 248 g/mol. The zero-order chi connectivity index (χ0) is 11.3. The molecule has 0 saturated heterocycles. The van der Waals surface area contributed by atoms with Crippen molar-refractivity contribution in [2.45, 2.75) is 32.9 Å². The van der Waals surface area contributed by atoms with Crippen molar-refractivity contribution < 1.29 is 4.74 Å². The maximum Gasteiger partial charge on any atom is 0.113 e. The lowest BCUT2D eigenvalue weighted by atomic mass is 10.1. The van der Waals surface area contributed by atoms with Gasteiger partial charge in [0.15, 0.2) is 0 Å². The van der Waals surface area contributed by atoms with Crippen LogP contribution in [0.4, 0.5) is 0 Å². The van der Waals surface area contributed by atoms with Crippen LogP contribution < -0.4 is 5.32 Å². The number of ether oxygens (including phenoxy) is 1. The molecular weight excluding hydrogens is 232 g/mol. The first-order valence-electron chi connectivity index (χ1n) is 4.98. The van der Waals surface area contributed by atoms with Crippen LogP contribution in [0.1, 0.15) is 25.8 Å². The zero-order valence-electron chi connectivity index (χ0n) is 9.34. The van der Waals surface area contributed by atoms with Gasteiger partial charge in [-0.15, -0.1) is 11.3 Å². The largest absolute Gasteiger partial charge is 0.375 e. The summed E-state index contributed by atoms with van der Waals surface area (Å²) in [6.45, 7) is 8.42. The topological polar surface area (TPSA) is 34.1 Å². The molecule has 0 unspecified atom stereocenters. The van der Waals surface area contributed by atoms with Gasteiger partial charge in [0.2, 0.25) is 0 Å². The predicted octanol–water partition coefficient (Wildman–Crippen LogP) is 2.70. The van der Waals surface area contributed by atoms with Crippen LogP contribution in [0.3, 0.4) is 0 Å². The summed E-state index contributed by atoms with van der Waals surface area (Å²) in [5.74, 6) is 0. The summed E-state index contributed by atoms with van der Waals surface area (Å²) in [6.07, 6.45) is 1.68. The van der Waals surface area contributed by atoms with Crippen molar-refractivity contribution in [3.8, 4) is 0 Å². The molecule has 1 aromatic rings. The highest BCUT2D eigenvalue weighted by Gasteiger charge is 2.16. The molecule has 0 aliphatic heterocycles. The maximum absolute atomic E-state index is 5.78. The molecule has 1 N–H and O–H groups in total. The van der Waals surface area contributed by atoms with Crippen LogP contribution in [0.15, 0.2) is 6.20 Å². The molecule has 5 heteroatoms. The molecule has 1 aromatic heterocycles. The molecule has 0 spiro atoms. The van der Waals surface area contributed by atoms with Crippen LogP contribution in [-0.2, 0) is 11.3 Å². The third-order valence-electron chi connectivity index (χ3n) is 1.89. The minimum atomic E-state index is -0.129. The second kappa shape index (κ2) is 5.80. The molecule has 1 heterocycles. The van der Waals surface area contributed by atoms with Crippen LogP contribution >= 0.6 is 22.9 Å². The number of rotatable bonds is 6. The second-order valence-electron chi connectivity index (χ2n) is 3.85. The fourth-order valence-electron chi connectivity index (χ4n) is 1.28. The number of nitrogens with zero attached hydrogens (tertiary/aromatic N) is 1. The van der Waals surface area contributed by atoms with E-state index >= 15 is 0 Å². The summed E-state index contributed by atoms with van der Waals surface area (Å²) >= 11 is 7.29. The van der Waals surface area contributed by atoms with E-state index in [1.165, 1.54) is 11.3 Å². The molecule has 15 heavy (non-hydrogen) atoms. The Bertz CT molecular complexity index is 301. The van der Waals surface area contributed by atoms with Crippen LogP contribution in [0.25, 0.3) is 0 Å². The third-order valence-corrected chi connectivity index (χ3v) is 3.00. The Balaban J connectivity index is 2.27. The molecule has 0 atom stereocenters. The van der Waals surface area contributed by atoms with Gasteiger partial charge in [-0.25, -0.2) is 4.98 Å². The van der Waals surface area contributed by atoms with Crippen molar-refractivity contribution in [3.05, 3.63) is 15.5 Å². The highest BCUT2D eigenvalue weighted by molar-refractivity contribution is 7.15. The van der Waals surface area contributed by atoms with Gasteiger partial charge in [0, 0.05) is 19.7 Å². The van der Waals surface area contributed by atoms with Gasteiger partial charge in [0.1, 0.15) is 9.34 Å². The fraction of sp³-hybridized carbons (Fsp3) is 0.700. The summed E-state index contributed by atoms with van der Waals surface area (Å²) in [5, 5.41) is 4.31. The maximum atomic E-state index is 5.78. The second-order valence-corrected chi connectivity index (χ2v) is 5.60. The lowest BCUT2D eigenvalue weighted by Crippen LogP contribution is -2.37. The van der Waals surface area contributed by atoms with Crippen molar-refractivity contribution >= 4 is 22.9 Å². The van der Waals surface area contributed by atoms with Crippen molar-refractivity contribution in [2.24, 2.45) is 0 Å². The van der Waals surface area contributed by atoms with Crippen LogP contribution in [0.2, 0.25) is 4.34 Å². The van der Waals surface area contributed by atoms with Gasteiger partial charge >= 0.3 is 0 Å². The molecule has 0 saturated carbocycles. The molecule has 0 bridgehead atoms. The molecule has 0 aliphatic rings. The predicted molar refractivity (Wildman–Crippen MR) is 64.5 cm³/mol. The number of thiazole rings is 1. The van der Waals surface area contributed by atoms with Gasteiger partial charge in [0.25, 0.3) is 0 Å². The number of hydrogen-bond acceptors (Lipinski definition) is 4. The van der Waals surface area contributed by atoms with E-state index in [2.05, 4.69) is 24.1 Å². The fourth-order valence-corrected chi connectivity index (χ4v) is 2.21. The van der Waals surface area contributed by atoms with Gasteiger partial charge in [-0.1, -0.05) is 11.6 Å². The van der Waals surface area contributed by atoms with E-state index in [-0.39, 0.29) is 5.60 Å². The van der Waals surface area contributed by atoms with Crippen molar-refractivity contribution in [1.82, 2.24) is 10.3 Å². The standard InChI is InChI=1S/C10H17ClN2OS/c1-4-14-10(2,3)7-12-6-9-13-5-8(11)15-9/h5,12H,4,6-7H2,1-3H3. The average Bonchev–Trinajstić information content (AvgIpc) is 2.51. The van der Waals surface area contributed by atoms with E-state index < -0.39 is 0 Å². The minimum absolute atomic E-state index is 0.129. The quantitative estimate of drug-likeness (QED) is 0.841. The third kappa shape index (κ3) is 4.93. The zero-order valence-corrected chi connectivity index (χ0v) is 10.9. The lowest BCUT2D eigenvalue weighted by molar-refractivity contribution is -0.00897. The smallest absolute Gasteiger partial charge is 0.113 e. The summed E-state index contributed by atoms with van der Waals surface area (Å²) in [7, 11) is 0. The SMILES string of the molecule is CCOC(C)(C)CNCc1ncc(Cl)s1. The summed E-state index contributed by atoms with van der Waals surface area (Å²) in [6, 6.07) is 0. The first-order chi connectivity index (χ1) is 7.03. The van der Waals surface area contributed by atoms with Gasteiger partial charge in [0.05, 0.1) is 11.8 Å². The van der Waals surface area contributed by atoms with Crippen LogP contribution in [-0.4, -0.2) is 23.7 Å². The summed E-state index contributed by atoms with van der Waals surface area (Å²) in [4.78, 5) is 4.16. The highest BCUT2D eigenvalue weighted by atomic mass is 35.5. The van der Waals surface area contributed by atoms with Crippen LogP contribution in [0, 0.1) is 0 Å². The Hall–Kier alpha value is -0.160. The Morgan fingerprint density at radius 2 is 2.33 bits per heavy atom. The molecule has 86 valence electrons. The van der Waals surface area contributed by atoms with Gasteiger partial charge < -0.3 is 10.1 Å². The molecule has 0 amide bonds. The molecule has 0 aromatic carbocycles. The van der Waals surface area contributed by atoms with E-state index in [1.807, 2.05) is 6.92 Å². The number of halogens is 1. The Kier molecular flexibility index (Phi) is 4.99.